The lowest BCUT2D eigenvalue weighted by Gasteiger charge is -2.02. The van der Waals surface area contributed by atoms with E-state index in [1.54, 1.807) is 0 Å². The predicted molar refractivity (Wildman–Crippen MR) is 211 cm³/mol. The molecule has 2 atom stereocenters. The van der Waals surface area contributed by atoms with Crippen LogP contribution < -0.4 is 0 Å². The molecule has 48 heavy (non-hydrogen) atoms. The molecule has 0 fully saturated rings. The van der Waals surface area contributed by atoms with E-state index in [9.17, 15) is 10.2 Å². The Hall–Kier alpha value is -2.62. The van der Waals surface area contributed by atoms with Gasteiger partial charge in [-0.3, -0.25) is 0 Å². The van der Waals surface area contributed by atoms with E-state index >= 15 is 0 Å². The van der Waals surface area contributed by atoms with Gasteiger partial charge in [0, 0.05) is 12.8 Å². The molecule has 0 aliphatic carbocycles. The van der Waals surface area contributed by atoms with Gasteiger partial charge in [-0.15, -0.1) is 12.8 Å². The molecule has 268 valence electrons. The van der Waals surface area contributed by atoms with Gasteiger partial charge in [-0.05, 0) is 96.0 Å². The van der Waals surface area contributed by atoms with Crippen molar-refractivity contribution in [3.8, 4) is 48.4 Å². The van der Waals surface area contributed by atoms with E-state index in [1.165, 1.54) is 122 Å². The first-order valence-electron chi connectivity index (χ1n) is 19.9. The summed E-state index contributed by atoms with van der Waals surface area (Å²) in [6, 6.07) is 0. The van der Waals surface area contributed by atoms with E-state index in [4.69, 9.17) is 12.8 Å². The maximum absolute atomic E-state index is 9.92. The fraction of sp³-hybridized carbons (Fsp3) is 0.696. The van der Waals surface area contributed by atoms with Gasteiger partial charge in [0.1, 0.15) is 6.10 Å². The quantitative estimate of drug-likeness (QED) is 0.0430. The van der Waals surface area contributed by atoms with E-state index in [2.05, 4.69) is 65.9 Å². The minimum atomic E-state index is -0.822. The molecule has 0 unspecified atom stereocenters. The van der Waals surface area contributed by atoms with Crippen LogP contribution in [0.5, 0.6) is 0 Å². The molecule has 0 bridgehead atoms. The standard InChI is InChI=1S/C46H72O2/c1-3-5-6-7-8-9-10-11-12-13-14-15-16-17-18-19-20-21-22-23-24-25-26-27-28-29-30-34-37-40-43-46(48)44-41-38-35-32-31-33-36-39-42-45(47)4-2/h1-2,5-6,21-22,27-28,45-48H,7-20,23-26,29-39,42H2/b6-5-,22-21-,28-27-/t45-,46+/m0/s1. The van der Waals surface area contributed by atoms with Crippen molar-refractivity contribution in [2.75, 3.05) is 0 Å². The molecule has 0 saturated carbocycles. The van der Waals surface area contributed by atoms with Crippen LogP contribution in [0.3, 0.4) is 0 Å². The van der Waals surface area contributed by atoms with Gasteiger partial charge < -0.3 is 10.2 Å². The summed E-state index contributed by atoms with van der Waals surface area (Å²) >= 11 is 0. The average molecular weight is 657 g/mol. The van der Waals surface area contributed by atoms with Crippen LogP contribution in [-0.2, 0) is 0 Å². The predicted octanol–water partition coefficient (Wildman–Crippen LogP) is 12.4. The average Bonchev–Trinajstić information content (AvgIpc) is 3.09. The van der Waals surface area contributed by atoms with E-state index < -0.39 is 12.2 Å². The lowest BCUT2D eigenvalue weighted by Crippen LogP contribution is -2.01. The van der Waals surface area contributed by atoms with Crippen molar-refractivity contribution in [3.63, 3.8) is 0 Å². The molecule has 0 heterocycles. The monoisotopic (exact) mass is 657 g/mol. The molecular formula is C46H72O2. The third kappa shape index (κ3) is 39.6. The molecule has 0 aromatic carbocycles. The molecule has 0 aromatic heterocycles. The lowest BCUT2D eigenvalue weighted by atomic mass is 10.0. The van der Waals surface area contributed by atoms with Crippen LogP contribution in [0.15, 0.2) is 36.5 Å². The van der Waals surface area contributed by atoms with Crippen molar-refractivity contribution >= 4 is 0 Å². The Morgan fingerprint density at radius 2 is 0.750 bits per heavy atom. The van der Waals surface area contributed by atoms with Gasteiger partial charge in [-0.25, -0.2) is 0 Å². The summed E-state index contributed by atoms with van der Waals surface area (Å²) in [4.78, 5) is 0. The molecule has 0 spiro atoms. The number of rotatable bonds is 32. The second kappa shape index (κ2) is 40.6. The third-order valence-electron chi connectivity index (χ3n) is 8.65. The molecule has 0 aliphatic heterocycles. The Labute approximate surface area is 299 Å². The smallest absolute Gasteiger partial charge is 0.176 e. The molecule has 0 amide bonds. The minimum Gasteiger partial charge on any atom is -0.380 e. The molecule has 0 rings (SSSR count). The molecule has 0 saturated heterocycles. The van der Waals surface area contributed by atoms with Crippen molar-refractivity contribution in [1.29, 1.82) is 0 Å². The maximum Gasteiger partial charge on any atom is 0.176 e. The van der Waals surface area contributed by atoms with Crippen LogP contribution >= 0.6 is 0 Å². The highest BCUT2D eigenvalue weighted by Gasteiger charge is 1.98. The lowest BCUT2D eigenvalue weighted by molar-refractivity contribution is 0.217. The number of terminal acetylenes is 2. The minimum absolute atomic E-state index is 0.587. The van der Waals surface area contributed by atoms with Crippen LogP contribution in [0, 0.1) is 48.4 Å². The molecular weight excluding hydrogens is 585 g/mol. The highest BCUT2D eigenvalue weighted by molar-refractivity contribution is 5.19. The number of allylic oxidation sites excluding steroid dienone is 6. The second-order valence-corrected chi connectivity index (χ2v) is 13.2. The largest absolute Gasteiger partial charge is 0.380 e. The highest BCUT2D eigenvalue weighted by atomic mass is 16.3. The van der Waals surface area contributed by atoms with Crippen LogP contribution in [0.4, 0.5) is 0 Å². The number of aliphatic hydroxyl groups excluding tert-OH is 2. The highest BCUT2D eigenvalue weighted by Crippen LogP contribution is 2.14. The first kappa shape index (κ1) is 45.4. The maximum atomic E-state index is 9.92. The molecule has 2 nitrogen and oxygen atoms in total. The van der Waals surface area contributed by atoms with Crippen LogP contribution in [-0.4, -0.2) is 22.4 Å². The van der Waals surface area contributed by atoms with Gasteiger partial charge in [0.05, 0.1) is 0 Å². The van der Waals surface area contributed by atoms with Crippen LogP contribution in [0.2, 0.25) is 0 Å². The topological polar surface area (TPSA) is 40.5 Å². The number of aliphatic hydroxyl groups is 2. The Bertz CT molecular complexity index is 980. The summed E-state index contributed by atoms with van der Waals surface area (Å²) in [6.07, 6.45) is 58.7. The van der Waals surface area contributed by atoms with E-state index in [1.807, 2.05) is 6.08 Å². The molecule has 0 radical (unpaired) electrons. The summed E-state index contributed by atoms with van der Waals surface area (Å²) in [7, 11) is 0. The number of hydrogen-bond donors (Lipinski definition) is 2. The van der Waals surface area contributed by atoms with Gasteiger partial charge in [0.25, 0.3) is 0 Å². The fourth-order valence-corrected chi connectivity index (χ4v) is 5.63. The molecule has 0 aliphatic rings. The van der Waals surface area contributed by atoms with Crippen molar-refractivity contribution in [2.45, 2.75) is 205 Å². The summed E-state index contributed by atoms with van der Waals surface area (Å²) in [5.41, 5.74) is 0. The zero-order valence-electron chi connectivity index (χ0n) is 30.9. The van der Waals surface area contributed by atoms with E-state index in [0.717, 1.165) is 64.2 Å². The molecule has 0 aromatic rings. The summed E-state index contributed by atoms with van der Waals surface area (Å²) in [6.45, 7) is 0. The zero-order valence-corrected chi connectivity index (χ0v) is 30.9. The van der Waals surface area contributed by atoms with Gasteiger partial charge >= 0.3 is 0 Å². The Balaban J connectivity index is 3.39. The summed E-state index contributed by atoms with van der Waals surface area (Å²) in [5, 5.41) is 19.2. The fourth-order valence-electron chi connectivity index (χ4n) is 5.63. The van der Waals surface area contributed by atoms with Crippen molar-refractivity contribution in [3.05, 3.63) is 36.5 Å². The Morgan fingerprint density at radius 3 is 1.19 bits per heavy atom. The van der Waals surface area contributed by atoms with Gasteiger partial charge in [-0.2, -0.15) is 0 Å². The number of unbranched alkanes of at least 4 members (excludes halogenated alkanes) is 25. The van der Waals surface area contributed by atoms with Crippen molar-refractivity contribution in [2.24, 2.45) is 0 Å². The molecule has 2 heteroatoms. The van der Waals surface area contributed by atoms with Crippen LogP contribution in [0.1, 0.15) is 193 Å². The number of hydrogen-bond acceptors (Lipinski definition) is 2. The summed E-state index contributed by atoms with van der Waals surface area (Å²) < 4.78 is 0. The van der Waals surface area contributed by atoms with Gasteiger partial charge in [0.2, 0.25) is 0 Å². The normalized spacial score (nSPS) is 12.4. The SMILES string of the molecule is C#C/C=C\CCCCCCCCCCCCCC/C=C\CCCC/C=C\CCCCC#C[C@@H](O)C#CCCCCCCCC[C@@H](O)C#C. The zero-order chi connectivity index (χ0) is 34.9. The Kier molecular flexibility index (Phi) is 38.3. The van der Waals surface area contributed by atoms with Gasteiger partial charge in [0.15, 0.2) is 6.10 Å². The first-order valence-corrected chi connectivity index (χ1v) is 19.9. The van der Waals surface area contributed by atoms with E-state index in [-0.39, 0.29) is 0 Å². The van der Waals surface area contributed by atoms with Gasteiger partial charge in [-0.1, -0.05) is 156 Å². The third-order valence-corrected chi connectivity index (χ3v) is 8.65. The second-order valence-electron chi connectivity index (χ2n) is 13.2. The van der Waals surface area contributed by atoms with Crippen molar-refractivity contribution in [1.82, 2.24) is 0 Å². The first-order chi connectivity index (χ1) is 23.7. The van der Waals surface area contributed by atoms with Crippen molar-refractivity contribution < 1.29 is 10.2 Å². The summed E-state index contributed by atoms with van der Waals surface area (Å²) in [5.74, 6) is 16.8. The van der Waals surface area contributed by atoms with Crippen LogP contribution in [0.25, 0.3) is 0 Å². The molecule has 2 N–H and O–H groups in total. The van der Waals surface area contributed by atoms with E-state index in [0.29, 0.717) is 6.42 Å². The Morgan fingerprint density at radius 1 is 0.417 bits per heavy atom.